The van der Waals surface area contributed by atoms with E-state index in [0.29, 0.717) is 5.02 Å². The minimum absolute atomic E-state index is 0.126. The molecule has 0 bridgehead atoms. The van der Waals surface area contributed by atoms with Gasteiger partial charge in [-0.2, -0.15) is 0 Å². The third-order valence-electron chi connectivity index (χ3n) is 3.45. The molecule has 2 aromatic carbocycles. The first-order chi connectivity index (χ1) is 13.1. The number of alkyl halides is 3. The lowest BCUT2D eigenvalue weighted by atomic mass is 10.2. The fraction of sp³-hybridized carbons (Fsp3) is 0.235. The lowest BCUT2D eigenvalue weighted by molar-refractivity contribution is -0.274. The fourth-order valence-electron chi connectivity index (χ4n) is 2.13. The van der Waals surface area contributed by atoms with Crippen molar-refractivity contribution in [3.8, 4) is 5.75 Å². The number of rotatable bonds is 8. The Morgan fingerprint density at radius 1 is 1.07 bits per heavy atom. The van der Waals surface area contributed by atoms with Crippen LogP contribution in [0.15, 0.2) is 53.4 Å². The van der Waals surface area contributed by atoms with Gasteiger partial charge in [0.1, 0.15) is 5.75 Å². The molecule has 0 radical (unpaired) electrons. The molecule has 0 fully saturated rings. The van der Waals surface area contributed by atoms with Gasteiger partial charge in [-0.3, -0.25) is 4.79 Å². The molecule has 0 heterocycles. The molecule has 0 aliphatic rings. The Bertz CT molecular complexity index is 919. The van der Waals surface area contributed by atoms with Crippen LogP contribution >= 0.6 is 11.6 Å². The van der Waals surface area contributed by atoms with Crippen molar-refractivity contribution in [2.45, 2.75) is 24.2 Å². The lowest BCUT2D eigenvalue weighted by Crippen LogP contribution is -2.30. The van der Waals surface area contributed by atoms with Crippen molar-refractivity contribution in [3.05, 3.63) is 59.1 Å². The van der Waals surface area contributed by atoms with Gasteiger partial charge >= 0.3 is 6.36 Å². The van der Waals surface area contributed by atoms with E-state index in [-0.39, 0.29) is 24.4 Å². The minimum Gasteiger partial charge on any atom is -0.406 e. The van der Waals surface area contributed by atoms with E-state index in [1.165, 1.54) is 0 Å². The Balaban J connectivity index is 1.82. The Kier molecular flexibility index (Phi) is 7.28. The molecule has 0 aliphatic heterocycles. The summed E-state index contributed by atoms with van der Waals surface area (Å²) in [4.78, 5) is 11.6. The summed E-state index contributed by atoms with van der Waals surface area (Å²) in [6, 6.07) is 10.7. The maximum Gasteiger partial charge on any atom is 0.573 e. The van der Waals surface area contributed by atoms with E-state index < -0.39 is 28.0 Å². The predicted octanol–water partition coefficient (Wildman–Crippen LogP) is 3.22. The van der Waals surface area contributed by atoms with E-state index in [9.17, 15) is 26.4 Å². The van der Waals surface area contributed by atoms with Crippen LogP contribution in [0, 0.1) is 0 Å². The quantitative estimate of drug-likeness (QED) is 0.665. The minimum atomic E-state index is -4.87. The zero-order valence-electron chi connectivity index (χ0n) is 14.3. The highest BCUT2D eigenvalue weighted by Gasteiger charge is 2.31. The molecular formula is C17H16ClF3N2O4S. The number of hydrogen-bond donors (Lipinski definition) is 2. The molecule has 0 aliphatic carbocycles. The van der Waals surface area contributed by atoms with Crippen LogP contribution in [-0.4, -0.2) is 27.2 Å². The summed E-state index contributed by atoms with van der Waals surface area (Å²) in [5.41, 5.74) is 0.722. The smallest absolute Gasteiger partial charge is 0.406 e. The van der Waals surface area contributed by atoms with Crippen molar-refractivity contribution < 1.29 is 31.1 Å². The van der Waals surface area contributed by atoms with Crippen molar-refractivity contribution in [1.82, 2.24) is 10.0 Å². The summed E-state index contributed by atoms with van der Waals surface area (Å²) in [7, 11) is -3.98. The van der Waals surface area contributed by atoms with E-state index in [1.807, 2.05) is 0 Å². The molecule has 0 saturated heterocycles. The van der Waals surface area contributed by atoms with Gasteiger partial charge in [0.15, 0.2) is 0 Å². The summed E-state index contributed by atoms with van der Waals surface area (Å²) in [6.45, 7) is 0.0173. The third kappa shape index (κ3) is 7.02. The largest absolute Gasteiger partial charge is 0.573 e. The number of hydrogen-bond acceptors (Lipinski definition) is 4. The van der Waals surface area contributed by atoms with Crippen LogP contribution in [0.25, 0.3) is 0 Å². The van der Waals surface area contributed by atoms with Crippen LogP contribution in [0.2, 0.25) is 5.02 Å². The van der Waals surface area contributed by atoms with E-state index >= 15 is 0 Å². The standard InChI is InChI=1S/C17H16ClF3N2O4S/c18-15-4-2-1-3-12(15)11-22-16(24)9-10-23-28(25,26)14-7-5-13(6-8-14)27-17(19,20)21/h1-8,23H,9-11H2,(H,22,24). The van der Waals surface area contributed by atoms with Crippen LogP contribution in [0.5, 0.6) is 5.75 Å². The summed E-state index contributed by atoms with van der Waals surface area (Å²) < 4.78 is 66.4. The van der Waals surface area contributed by atoms with Crippen molar-refractivity contribution in [2.24, 2.45) is 0 Å². The first-order valence-electron chi connectivity index (χ1n) is 7.92. The lowest BCUT2D eigenvalue weighted by Gasteiger charge is -2.10. The van der Waals surface area contributed by atoms with Gasteiger partial charge in [-0.15, -0.1) is 13.2 Å². The molecule has 0 aromatic heterocycles. The predicted molar refractivity (Wildman–Crippen MR) is 96.2 cm³/mol. The molecule has 6 nitrogen and oxygen atoms in total. The van der Waals surface area contributed by atoms with Gasteiger partial charge in [0, 0.05) is 24.5 Å². The van der Waals surface area contributed by atoms with Gasteiger partial charge in [0.25, 0.3) is 0 Å². The van der Waals surface area contributed by atoms with Crippen LogP contribution in [0.4, 0.5) is 13.2 Å². The molecule has 0 unspecified atom stereocenters. The molecule has 2 rings (SSSR count). The summed E-state index contributed by atoms with van der Waals surface area (Å²) >= 11 is 5.97. The second kappa shape index (κ2) is 9.26. The summed E-state index contributed by atoms with van der Waals surface area (Å²) in [5, 5.41) is 3.12. The molecule has 0 atom stereocenters. The maximum absolute atomic E-state index is 12.1. The van der Waals surface area contributed by atoms with Crippen molar-refractivity contribution in [2.75, 3.05) is 6.54 Å². The van der Waals surface area contributed by atoms with E-state index in [0.717, 1.165) is 29.8 Å². The summed E-state index contributed by atoms with van der Waals surface area (Å²) in [6.07, 6.45) is -4.99. The highest BCUT2D eigenvalue weighted by Crippen LogP contribution is 2.23. The van der Waals surface area contributed by atoms with Gasteiger partial charge < -0.3 is 10.1 Å². The molecule has 2 N–H and O–H groups in total. The van der Waals surface area contributed by atoms with Gasteiger partial charge in [0.05, 0.1) is 4.90 Å². The number of carbonyl (C=O) groups is 1. The highest BCUT2D eigenvalue weighted by molar-refractivity contribution is 7.89. The van der Waals surface area contributed by atoms with Gasteiger partial charge in [-0.1, -0.05) is 29.8 Å². The van der Waals surface area contributed by atoms with Crippen LogP contribution < -0.4 is 14.8 Å². The zero-order chi connectivity index (χ0) is 20.8. The monoisotopic (exact) mass is 436 g/mol. The van der Waals surface area contributed by atoms with Crippen molar-refractivity contribution in [1.29, 1.82) is 0 Å². The van der Waals surface area contributed by atoms with Gasteiger partial charge in [-0.05, 0) is 35.9 Å². The molecular weight excluding hydrogens is 421 g/mol. The van der Waals surface area contributed by atoms with Crippen molar-refractivity contribution >= 4 is 27.5 Å². The first kappa shape index (κ1) is 22.0. The maximum atomic E-state index is 12.1. The number of carbonyl (C=O) groups excluding carboxylic acids is 1. The van der Waals surface area contributed by atoms with E-state index in [1.54, 1.807) is 24.3 Å². The SMILES string of the molecule is O=C(CCNS(=O)(=O)c1ccc(OC(F)(F)F)cc1)NCc1ccccc1Cl. The van der Waals surface area contributed by atoms with E-state index in [2.05, 4.69) is 14.8 Å². The van der Waals surface area contributed by atoms with Gasteiger partial charge in [0.2, 0.25) is 15.9 Å². The normalized spacial score (nSPS) is 11.9. The Labute approximate surface area is 164 Å². The number of halogens is 4. The van der Waals surface area contributed by atoms with Crippen LogP contribution in [-0.2, 0) is 21.4 Å². The number of amides is 1. The van der Waals surface area contributed by atoms with Crippen molar-refractivity contribution in [3.63, 3.8) is 0 Å². The molecule has 11 heteroatoms. The van der Waals surface area contributed by atoms with Crippen LogP contribution in [0.3, 0.4) is 0 Å². The second-order valence-electron chi connectivity index (χ2n) is 5.54. The first-order valence-corrected chi connectivity index (χ1v) is 9.78. The van der Waals surface area contributed by atoms with E-state index in [4.69, 9.17) is 11.6 Å². The Morgan fingerprint density at radius 2 is 1.71 bits per heavy atom. The number of nitrogens with one attached hydrogen (secondary N) is 2. The summed E-state index contributed by atoms with van der Waals surface area (Å²) in [5.74, 6) is -0.929. The number of sulfonamides is 1. The molecule has 0 saturated carbocycles. The molecule has 28 heavy (non-hydrogen) atoms. The second-order valence-corrected chi connectivity index (χ2v) is 7.71. The van der Waals surface area contributed by atoms with Crippen LogP contribution in [0.1, 0.15) is 12.0 Å². The average molecular weight is 437 g/mol. The number of ether oxygens (including phenoxy) is 1. The average Bonchev–Trinajstić information content (AvgIpc) is 2.60. The number of benzene rings is 2. The molecule has 152 valence electrons. The zero-order valence-corrected chi connectivity index (χ0v) is 15.9. The Hall–Kier alpha value is -2.30. The van der Waals surface area contributed by atoms with Gasteiger partial charge in [-0.25, -0.2) is 13.1 Å². The topological polar surface area (TPSA) is 84.5 Å². The third-order valence-corrected chi connectivity index (χ3v) is 5.29. The molecule has 0 spiro atoms. The molecule has 2 aromatic rings. The molecule has 1 amide bonds. The fourth-order valence-corrected chi connectivity index (χ4v) is 3.36. The Morgan fingerprint density at radius 3 is 2.32 bits per heavy atom. The highest BCUT2D eigenvalue weighted by atomic mass is 35.5.